The molecule has 1 saturated heterocycles. The number of benzene rings is 1. The van der Waals surface area contributed by atoms with Crippen molar-refractivity contribution in [3.8, 4) is 11.8 Å². The van der Waals surface area contributed by atoms with E-state index in [1.807, 2.05) is 12.1 Å². The summed E-state index contributed by atoms with van der Waals surface area (Å²) >= 11 is 0. The van der Waals surface area contributed by atoms with Crippen molar-refractivity contribution in [3.05, 3.63) is 29.8 Å². The van der Waals surface area contributed by atoms with Gasteiger partial charge in [0.1, 0.15) is 0 Å². The van der Waals surface area contributed by atoms with Crippen LogP contribution in [0.25, 0.3) is 0 Å². The highest BCUT2D eigenvalue weighted by atomic mass is 16.1. The summed E-state index contributed by atoms with van der Waals surface area (Å²) in [6.45, 7) is 4.15. The molecule has 2 rings (SSSR count). The van der Waals surface area contributed by atoms with Crippen LogP contribution in [0.5, 0.6) is 0 Å². The van der Waals surface area contributed by atoms with Gasteiger partial charge in [-0.1, -0.05) is 5.92 Å². The van der Waals surface area contributed by atoms with Crippen LogP contribution in [-0.2, 0) is 4.79 Å². The van der Waals surface area contributed by atoms with E-state index in [-0.39, 0.29) is 0 Å². The zero-order valence-electron chi connectivity index (χ0n) is 9.07. The number of hydrogen-bond donors (Lipinski definition) is 1. The first-order chi connectivity index (χ1) is 7.90. The van der Waals surface area contributed by atoms with Crippen LogP contribution in [-0.4, -0.2) is 32.5 Å². The fourth-order valence-electron chi connectivity index (χ4n) is 1.79. The van der Waals surface area contributed by atoms with Crippen molar-refractivity contribution in [1.82, 2.24) is 5.32 Å². The molecule has 0 atom stereocenters. The number of anilines is 1. The second kappa shape index (κ2) is 5.34. The van der Waals surface area contributed by atoms with E-state index in [0.717, 1.165) is 31.7 Å². The summed E-state index contributed by atoms with van der Waals surface area (Å²) in [6.07, 6.45) is 0.615. The third kappa shape index (κ3) is 2.62. The molecule has 82 valence electrons. The fraction of sp³-hybridized carbons (Fsp3) is 0.308. The Balaban J connectivity index is 2.08. The minimum atomic E-state index is 0.615. The van der Waals surface area contributed by atoms with Gasteiger partial charge in [0, 0.05) is 37.4 Å². The second-order valence-electron chi connectivity index (χ2n) is 3.67. The van der Waals surface area contributed by atoms with Crippen LogP contribution in [0, 0.1) is 11.8 Å². The number of nitrogens with zero attached hydrogens (tertiary/aromatic N) is 1. The van der Waals surface area contributed by atoms with Crippen molar-refractivity contribution in [2.45, 2.75) is 0 Å². The predicted octanol–water partition coefficient (Wildman–Crippen LogP) is 0.647. The molecule has 0 spiro atoms. The molecule has 1 aliphatic heterocycles. The van der Waals surface area contributed by atoms with Crippen molar-refractivity contribution in [2.24, 2.45) is 0 Å². The Hall–Kier alpha value is -1.79. The van der Waals surface area contributed by atoms with Crippen LogP contribution >= 0.6 is 0 Å². The second-order valence-corrected chi connectivity index (χ2v) is 3.67. The summed E-state index contributed by atoms with van der Waals surface area (Å²) in [7, 11) is 0. The maximum absolute atomic E-state index is 10.1. The van der Waals surface area contributed by atoms with Crippen LogP contribution < -0.4 is 10.2 Å². The van der Waals surface area contributed by atoms with E-state index in [4.69, 9.17) is 0 Å². The molecule has 0 bridgehead atoms. The molecule has 0 amide bonds. The molecule has 1 aromatic rings. The fourth-order valence-corrected chi connectivity index (χ4v) is 1.79. The first-order valence-corrected chi connectivity index (χ1v) is 5.41. The topological polar surface area (TPSA) is 32.3 Å². The van der Waals surface area contributed by atoms with Gasteiger partial charge >= 0.3 is 0 Å². The Morgan fingerprint density at radius 3 is 2.50 bits per heavy atom. The minimum Gasteiger partial charge on any atom is -0.369 e. The van der Waals surface area contributed by atoms with Gasteiger partial charge in [-0.3, -0.25) is 4.79 Å². The third-order valence-electron chi connectivity index (χ3n) is 2.62. The molecule has 0 saturated carbocycles. The van der Waals surface area contributed by atoms with Crippen LogP contribution in [0.4, 0.5) is 5.69 Å². The van der Waals surface area contributed by atoms with Gasteiger partial charge in [-0.05, 0) is 30.2 Å². The van der Waals surface area contributed by atoms with E-state index in [1.54, 1.807) is 0 Å². The lowest BCUT2D eigenvalue weighted by atomic mass is 10.2. The summed E-state index contributed by atoms with van der Waals surface area (Å²) < 4.78 is 0. The Morgan fingerprint density at radius 2 is 1.88 bits per heavy atom. The number of hydrogen-bond acceptors (Lipinski definition) is 3. The van der Waals surface area contributed by atoms with Gasteiger partial charge in [-0.15, -0.1) is 0 Å². The summed E-state index contributed by atoms with van der Waals surface area (Å²) in [5.41, 5.74) is 2.10. The molecule has 3 nitrogen and oxygen atoms in total. The quantitative estimate of drug-likeness (QED) is 0.550. The normalized spacial score (nSPS) is 15.1. The summed E-state index contributed by atoms with van der Waals surface area (Å²) in [4.78, 5) is 12.4. The van der Waals surface area contributed by atoms with E-state index < -0.39 is 0 Å². The molecule has 1 aliphatic rings. The number of aldehydes is 1. The lowest BCUT2D eigenvalue weighted by Crippen LogP contribution is -2.43. The van der Waals surface area contributed by atoms with Gasteiger partial charge in [0.25, 0.3) is 0 Å². The van der Waals surface area contributed by atoms with Gasteiger partial charge in [0.05, 0.1) is 0 Å². The highest BCUT2D eigenvalue weighted by molar-refractivity contribution is 5.74. The van der Waals surface area contributed by atoms with Crippen molar-refractivity contribution >= 4 is 12.0 Å². The largest absolute Gasteiger partial charge is 0.369 e. The van der Waals surface area contributed by atoms with E-state index >= 15 is 0 Å². The Labute approximate surface area is 95.5 Å². The zero-order chi connectivity index (χ0) is 11.2. The molecule has 3 heteroatoms. The average Bonchev–Trinajstić information content (AvgIpc) is 2.38. The maximum Gasteiger partial charge on any atom is 0.193 e. The van der Waals surface area contributed by atoms with Gasteiger partial charge in [0.2, 0.25) is 0 Å². The molecule has 0 radical (unpaired) electrons. The highest BCUT2D eigenvalue weighted by Gasteiger charge is 2.09. The molecule has 0 unspecified atom stereocenters. The average molecular weight is 214 g/mol. The smallest absolute Gasteiger partial charge is 0.193 e. The van der Waals surface area contributed by atoms with E-state index in [9.17, 15) is 4.79 Å². The van der Waals surface area contributed by atoms with Crippen molar-refractivity contribution < 1.29 is 4.79 Å². The van der Waals surface area contributed by atoms with Gasteiger partial charge in [-0.2, -0.15) is 0 Å². The van der Waals surface area contributed by atoms with Crippen LogP contribution in [0.15, 0.2) is 24.3 Å². The van der Waals surface area contributed by atoms with E-state index in [0.29, 0.717) is 6.29 Å². The summed E-state index contributed by atoms with van der Waals surface area (Å²) in [6, 6.07) is 8.02. The third-order valence-corrected chi connectivity index (χ3v) is 2.62. The lowest BCUT2D eigenvalue weighted by Gasteiger charge is -2.29. The molecular formula is C13H14N2O. The Kier molecular flexibility index (Phi) is 3.58. The summed E-state index contributed by atoms with van der Waals surface area (Å²) in [5, 5.41) is 3.32. The number of rotatable bonds is 1. The minimum absolute atomic E-state index is 0.615. The lowest BCUT2D eigenvalue weighted by molar-refractivity contribution is -0.103. The monoisotopic (exact) mass is 214 g/mol. The Bertz CT molecular complexity index is 408. The number of nitrogens with one attached hydrogen (secondary N) is 1. The first-order valence-electron chi connectivity index (χ1n) is 5.41. The molecule has 1 N–H and O–H groups in total. The SMILES string of the molecule is O=CC#Cc1ccc(N2CCNCC2)cc1. The number of piperazine rings is 1. The number of carbonyl (C=O) groups is 1. The van der Waals surface area contributed by atoms with Crippen LogP contribution in [0.1, 0.15) is 5.56 Å². The van der Waals surface area contributed by atoms with Crippen molar-refractivity contribution in [3.63, 3.8) is 0 Å². The molecule has 0 aliphatic carbocycles. The van der Waals surface area contributed by atoms with Gasteiger partial charge in [0.15, 0.2) is 6.29 Å². The molecule has 1 heterocycles. The Morgan fingerprint density at radius 1 is 1.19 bits per heavy atom. The van der Waals surface area contributed by atoms with Gasteiger partial charge < -0.3 is 10.2 Å². The molecule has 16 heavy (non-hydrogen) atoms. The molecule has 0 aromatic heterocycles. The zero-order valence-corrected chi connectivity index (χ0v) is 9.07. The van der Waals surface area contributed by atoms with Crippen molar-refractivity contribution in [2.75, 3.05) is 31.1 Å². The van der Waals surface area contributed by atoms with E-state index in [2.05, 4.69) is 34.2 Å². The predicted molar refractivity (Wildman–Crippen MR) is 64.5 cm³/mol. The first kappa shape index (κ1) is 10.7. The molecule has 1 fully saturated rings. The molecular weight excluding hydrogens is 200 g/mol. The number of carbonyl (C=O) groups excluding carboxylic acids is 1. The summed E-state index contributed by atoms with van der Waals surface area (Å²) in [5.74, 6) is 5.18. The van der Waals surface area contributed by atoms with Gasteiger partial charge in [-0.25, -0.2) is 0 Å². The van der Waals surface area contributed by atoms with Crippen molar-refractivity contribution in [1.29, 1.82) is 0 Å². The van der Waals surface area contributed by atoms with E-state index in [1.165, 1.54) is 5.69 Å². The molecule has 1 aromatic carbocycles. The standard InChI is InChI=1S/C13H14N2O/c16-11-1-2-12-3-5-13(6-4-12)15-9-7-14-8-10-15/h3-6,11,14H,7-10H2. The van der Waals surface area contributed by atoms with Crippen LogP contribution in [0.2, 0.25) is 0 Å². The van der Waals surface area contributed by atoms with Crippen LogP contribution in [0.3, 0.4) is 0 Å². The highest BCUT2D eigenvalue weighted by Crippen LogP contribution is 2.15. The maximum atomic E-state index is 10.1.